The molecule has 0 unspecified atom stereocenters. The molecule has 0 aliphatic heterocycles. The molecular formula is C17H24N8O5. The van der Waals surface area contributed by atoms with Crippen LogP contribution in [0.25, 0.3) is 0 Å². The van der Waals surface area contributed by atoms with Gasteiger partial charge in [0.1, 0.15) is 12.1 Å². The van der Waals surface area contributed by atoms with E-state index in [0.29, 0.717) is 11.4 Å². The minimum absolute atomic E-state index is 0.0176. The number of H-pyrrole nitrogens is 2. The Bertz CT molecular complexity index is 850. The summed E-state index contributed by atoms with van der Waals surface area (Å²) in [7, 11) is 0. The van der Waals surface area contributed by atoms with Crippen molar-refractivity contribution in [3.8, 4) is 0 Å². The maximum Gasteiger partial charge on any atom is 0.326 e. The standard InChI is InChI=1S/C17H24N8O5/c1-9(18)15(27)21-6-14(26)24-12(2-10-4-19-7-22-10)16(28)25-13(17(29)30)3-11-5-20-8-23-11/h4-5,7-9,12-13H,2-3,6,18H2,1H3,(H,19,22)(H,20,23)(H,21,27)(H,24,26)(H,25,28)(H,29,30)/t9-,12-,13-/m0/s1. The maximum atomic E-state index is 12.7. The van der Waals surface area contributed by atoms with Crippen LogP contribution in [0.15, 0.2) is 25.0 Å². The van der Waals surface area contributed by atoms with E-state index in [9.17, 15) is 24.3 Å². The van der Waals surface area contributed by atoms with Gasteiger partial charge in [0.2, 0.25) is 17.7 Å². The Morgan fingerprint density at radius 2 is 1.57 bits per heavy atom. The second kappa shape index (κ2) is 10.7. The first kappa shape index (κ1) is 22.5. The fourth-order valence-corrected chi connectivity index (χ4v) is 2.49. The number of imidazole rings is 2. The Kier molecular flexibility index (Phi) is 8.05. The lowest BCUT2D eigenvalue weighted by molar-refractivity contribution is -0.142. The molecule has 30 heavy (non-hydrogen) atoms. The minimum Gasteiger partial charge on any atom is -0.480 e. The fraction of sp³-hybridized carbons (Fsp3) is 0.412. The molecule has 3 amide bonds. The third-order valence-corrected chi connectivity index (χ3v) is 4.06. The molecule has 0 saturated heterocycles. The average Bonchev–Trinajstić information content (AvgIpc) is 3.38. The van der Waals surface area contributed by atoms with Gasteiger partial charge < -0.3 is 36.8 Å². The van der Waals surface area contributed by atoms with E-state index in [1.165, 1.54) is 32.0 Å². The van der Waals surface area contributed by atoms with Gasteiger partial charge >= 0.3 is 5.97 Å². The number of nitrogens with two attached hydrogens (primary N) is 1. The third-order valence-electron chi connectivity index (χ3n) is 4.06. The number of aromatic nitrogens is 4. The van der Waals surface area contributed by atoms with Gasteiger partial charge in [0, 0.05) is 36.6 Å². The summed E-state index contributed by atoms with van der Waals surface area (Å²) >= 11 is 0. The number of aromatic amines is 2. The lowest BCUT2D eigenvalue weighted by Gasteiger charge is -2.21. The van der Waals surface area contributed by atoms with Crippen LogP contribution in [-0.4, -0.2) is 73.4 Å². The quantitative estimate of drug-likeness (QED) is 0.205. The molecular weight excluding hydrogens is 396 g/mol. The number of aliphatic carboxylic acids is 1. The second-order valence-corrected chi connectivity index (χ2v) is 6.59. The van der Waals surface area contributed by atoms with Gasteiger partial charge in [0.05, 0.1) is 25.2 Å². The van der Waals surface area contributed by atoms with Gasteiger partial charge in [-0.3, -0.25) is 14.4 Å². The van der Waals surface area contributed by atoms with Crippen LogP contribution in [0.4, 0.5) is 0 Å². The van der Waals surface area contributed by atoms with Crippen LogP contribution in [0.5, 0.6) is 0 Å². The molecule has 162 valence electrons. The topological polar surface area (TPSA) is 208 Å². The molecule has 0 bridgehead atoms. The van der Waals surface area contributed by atoms with Gasteiger partial charge in [0.15, 0.2) is 0 Å². The largest absolute Gasteiger partial charge is 0.480 e. The number of rotatable bonds is 11. The van der Waals surface area contributed by atoms with Crippen LogP contribution in [0.1, 0.15) is 18.3 Å². The van der Waals surface area contributed by atoms with Crippen LogP contribution < -0.4 is 21.7 Å². The molecule has 3 atom stereocenters. The first-order valence-electron chi connectivity index (χ1n) is 9.06. The molecule has 2 heterocycles. The zero-order valence-electron chi connectivity index (χ0n) is 16.2. The fourth-order valence-electron chi connectivity index (χ4n) is 2.49. The van der Waals surface area contributed by atoms with Crippen molar-refractivity contribution in [2.75, 3.05) is 6.54 Å². The summed E-state index contributed by atoms with van der Waals surface area (Å²) in [5.41, 5.74) is 6.49. The average molecular weight is 420 g/mol. The highest BCUT2D eigenvalue weighted by atomic mass is 16.4. The number of hydrogen-bond donors (Lipinski definition) is 7. The first-order chi connectivity index (χ1) is 14.3. The van der Waals surface area contributed by atoms with Crippen LogP contribution in [0.3, 0.4) is 0 Å². The minimum atomic E-state index is -1.24. The molecule has 0 spiro atoms. The van der Waals surface area contributed by atoms with Crippen LogP contribution in [-0.2, 0) is 32.0 Å². The van der Waals surface area contributed by atoms with E-state index in [2.05, 4.69) is 35.9 Å². The molecule has 0 aliphatic carbocycles. The first-order valence-corrected chi connectivity index (χ1v) is 9.06. The maximum absolute atomic E-state index is 12.7. The molecule has 2 rings (SSSR count). The zero-order chi connectivity index (χ0) is 22.1. The van der Waals surface area contributed by atoms with Crippen molar-refractivity contribution >= 4 is 23.7 Å². The summed E-state index contributed by atoms with van der Waals surface area (Å²) < 4.78 is 0. The Morgan fingerprint density at radius 3 is 2.03 bits per heavy atom. The SMILES string of the molecule is C[C@H](N)C(=O)NCC(=O)N[C@@H](Cc1cnc[nH]1)C(=O)N[C@@H](Cc1cnc[nH]1)C(=O)O. The number of amides is 3. The predicted molar refractivity (Wildman–Crippen MR) is 103 cm³/mol. The van der Waals surface area contributed by atoms with E-state index in [4.69, 9.17) is 5.73 Å². The summed E-state index contributed by atoms with van der Waals surface area (Å²) in [6.45, 7) is 1.08. The van der Waals surface area contributed by atoms with Crippen LogP contribution >= 0.6 is 0 Å². The van der Waals surface area contributed by atoms with E-state index in [1.54, 1.807) is 0 Å². The number of hydrogen-bond acceptors (Lipinski definition) is 7. The van der Waals surface area contributed by atoms with Crippen molar-refractivity contribution < 1.29 is 24.3 Å². The Balaban J connectivity index is 2.04. The Labute approximate surface area is 171 Å². The van der Waals surface area contributed by atoms with Gasteiger partial charge in [-0.1, -0.05) is 0 Å². The molecule has 8 N–H and O–H groups in total. The van der Waals surface area contributed by atoms with Crippen molar-refractivity contribution in [1.29, 1.82) is 0 Å². The molecule has 0 aliphatic rings. The number of nitrogens with one attached hydrogen (secondary N) is 5. The van der Waals surface area contributed by atoms with Gasteiger partial charge in [-0.2, -0.15) is 0 Å². The van der Waals surface area contributed by atoms with E-state index < -0.39 is 41.8 Å². The van der Waals surface area contributed by atoms with E-state index in [0.717, 1.165) is 0 Å². The molecule has 2 aromatic heterocycles. The molecule has 13 nitrogen and oxygen atoms in total. The summed E-state index contributed by atoms with van der Waals surface area (Å²) in [4.78, 5) is 61.2. The van der Waals surface area contributed by atoms with Crippen LogP contribution in [0, 0.1) is 0 Å². The van der Waals surface area contributed by atoms with Gasteiger partial charge in [0.25, 0.3) is 0 Å². The highest BCUT2D eigenvalue weighted by Gasteiger charge is 2.27. The van der Waals surface area contributed by atoms with Crippen molar-refractivity contribution in [3.05, 3.63) is 36.4 Å². The summed E-state index contributed by atoms with van der Waals surface area (Å²) in [6, 6.07) is -3.13. The number of nitrogens with zero attached hydrogens (tertiary/aromatic N) is 2. The van der Waals surface area contributed by atoms with Crippen LogP contribution in [0.2, 0.25) is 0 Å². The molecule has 13 heteroatoms. The highest BCUT2D eigenvalue weighted by Crippen LogP contribution is 2.03. The van der Waals surface area contributed by atoms with Crippen molar-refractivity contribution in [1.82, 2.24) is 35.9 Å². The molecule has 0 saturated carbocycles. The highest BCUT2D eigenvalue weighted by molar-refractivity contribution is 5.92. The lowest BCUT2D eigenvalue weighted by Crippen LogP contribution is -2.54. The Morgan fingerprint density at radius 1 is 1.00 bits per heavy atom. The summed E-state index contributed by atoms with van der Waals surface area (Å²) in [5.74, 6) is -3.11. The van der Waals surface area contributed by atoms with Crippen molar-refractivity contribution in [2.45, 2.75) is 37.9 Å². The molecule has 0 fully saturated rings. The van der Waals surface area contributed by atoms with Gasteiger partial charge in [-0.25, -0.2) is 14.8 Å². The van der Waals surface area contributed by atoms with Crippen molar-refractivity contribution in [3.63, 3.8) is 0 Å². The van der Waals surface area contributed by atoms with E-state index in [1.807, 2.05) is 0 Å². The number of carbonyl (C=O) groups is 4. The zero-order valence-corrected chi connectivity index (χ0v) is 16.2. The molecule has 0 radical (unpaired) electrons. The number of carbonyl (C=O) groups excluding carboxylic acids is 3. The van der Waals surface area contributed by atoms with Crippen molar-refractivity contribution in [2.24, 2.45) is 5.73 Å². The smallest absolute Gasteiger partial charge is 0.326 e. The number of carboxylic acid groups (broad SMARTS) is 1. The van der Waals surface area contributed by atoms with Gasteiger partial charge in [-0.05, 0) is 6.92 Å². The predicted octanol–water partition coefficient (Wildman–Crippen LogP) is -2.56. The monoisotopic (exact) mass is 420 g/mol. The Hall–Kier alpha value is -3.74. The van der Waals surface area contributed by atoms with Gasteiger partial charge in [-0.15, -0.1) is 0 Å². The molecule has 0 aromatic carbocycles. The second-order valence-electron chi connectivity index (χ2n) is 6.59. The van der Waals surface area contributed by atoms with E-state index in [-0.39, 0.29) is 19.4 Å². The lowest BCUT2D eigenvalue weighted by atomic mass is 10.1. The normalized spacial score (nSPS) is 13.7. The third kappa shape index (κ3) is 7.01. The van der Waals surface area contributed by atoms with E-state index >= 15 is 0 Å². The molecule has 2 aromatic rings. The summed E-state index contributed by atoms with van der Waals surface area (Å²) in [5, 5.41) is 16.7. The summed E-state index contributed by atoms with van der Waals surface area (Å²) in [6.07, 6.45) is 5.75. The number of carboxylic acids is 1.